The predicted molar refractivity (Wildman–Crippen MR) is 66.3 cm³/mol. The molecule has 1 aromatic carbocycles. The van der Waals surface area contributed by atoms with Gasteiger partial charge in [0.05, 0.1) is 13.2 Å². The molecule has 4 heteroatoms. The van der Waals surface area contributed by atoms with Gasteiger partial charge in [-0.3, -0.25) is 4.79 Å². The molecule has 1 spiro atoms. The summed E-state index contributed by atoms with van der Waals surface area (Å²) in [5.74, 6) is 0.796. The van der Waals surface area contributed by atoms with Crippen LogP contribution in [0.15, 0.2) is 18.2 Å². The summed E-state index contributed by atoms with van der Waals surface area (Å²) in [6.45, 7) is 0.654. The van der Waals surface area contributed by atoms with Gasteiger partial charge in [0.2, 0.25) is 5.91 Å². The lowest BCUT2D eigenvalue weighted by Crippen LogP contribution is -2.43. The molecule has 0 aromatic heterocycles. The highest BCUT2D eigenvalue weighted by Crippen LogP contribution is 2.51. The maximum Gasteiger partial charge on any atom is 0.220 e. The van der Waals surface area contributed by atoms with E-state index in [-0.39, 0.29) is 11.3 Å². The van der Waals surface area contributed by atoms with Gasteiger partial charge in [0.15, 0.2) is 0 Å². The summed E-state index contributed by atoms with van der Waals surface area (Å²) < 4.78 is 5.19. The molecule has 1 aliphatic heterocycles. The summed E-state index contributed by atoms with van der Waals surface area (Å²) in [7, 11) is 1.62. The average molecular weight is 247 g/mol. The molecule has 0 radical (unpaired) electrons. The molecule has 1 heterocycles. The molecular formula is C14H17NO3. The maximum atomic E-state index is 11.6. The molecule has 2 N–H and O–H groups in total. The molecule has 0 bridgehead atoms. The Morgan fingerprint density at radius 1 is 1.44 bits per heavy atom. The van der Waals surface area contributed by atoms with Gasteiger partial charge >= 0.3 is 0 Å². The van der Waals surface area contributed by atoms with Crippen molar-refractivity contribution in [2.45, 2.75) is 25.4 Å². The second-order valence-electron chi connectivity index (χ2n) is 5.28. The number of ether oxygens (including phenoxy) is 1. The first kappa shape index (κ1) is 11.5. The molecule has 2 atom stereocenters. The molecule has 3 rings (SSSR count). The van der Waals surface area contributed by atoms with E-state index in [0.717, 1.165) is 29.7 Å². The van der Waals surface area contributed by atoms with Gasteiger partial charge < -0.3 is 15.2 Å². The number of rotatable bonds is 1. The first-order chi connectivity index (χ1) is 8.64. The van der Waals surface area contributed by atoms with Crippen LogP contribution in [0.4, 0.5) is 0 Å². The topological polar surface area (TPSA) is 58.6 Å². The minimum atomic E-state index is -0.561. The van der Waals surface area contributed by atoms with Crippen LogP contribution in [0.5, 0.6) is 5.75 Å². The highest BCUT2D eigenvalue weighted by atomic mass is 16.5. The van der Waals surface area contributed by atoms with Crippen molar-refractivity contribution in [1.82, 2.24) is 5.32 Å². The molecule has 2 aliphatic rings. The van der Waals surface area contributed by atoms with Crippen molar-refractivity contribution in [3.63, 3.8) is 0 Å². The second kappa shape index (κ2) is 3.99. The number of carbonyl (C=O) groups excluding carboxylic acids is 1. The minimum absolute atomic E-state index is 0.0417. The Balaban J connectivity index is 1.97. The van der Waals surface area contributed by atoms with E-state index in [0.29, 0.717) is 13.0 Å². The quantitative estimate of drug-likeness (QED) is 0.783. The molecule has 1 saturated heterocycles. The van der Waals surface area contributed by atoms with E-state index in [1.807, 2.05) is 18.2 Å². The van der Waals surface area contributed by atoms with Crippen LogP contribution >= 0.6 is 0 Å². The molecule has 1 fully saturated rings. The van der Waals surface area contributed by atoms with E-state index in [1.54, 1.807) is 7.11 Å². The van der Waals surface area contributed by atoms with Crippen LogP contribution in [0.2, 0.25) is 0 Å². The number of aliphatic hydroxyl groups is 1. The minimum Gasteiger partial charge on any atom is -0.497 e. The van der Waals surface area contributed by atoms with Gasteiger partial charge in [-0.2, -0.15) is 0 Å². The lowest BCUT2D eigenvalue weighted by molar-refractivity contribution is -0.129. The van der Waals surface area contributed by atoms with E-state index in [1.165, 1.54) is 0 Å². The summed E-state index contributed by atoms with van der Waals surface area (Å²) in [6.07, 6.45) is 1.46. The van der Waals surface area contributed by atoms with Crippen molar-refractivity contribution in [2.75, 3.05) is 13.7 Å². The summed E-state index contributed by atoms with van der Waals surface area (Å²) in [5.41, 5.74) is 1.75. The zero-order valence-electron chi connectivity index (χ0n) is 10.4. The molecular weight excluding hydrogens is 230 g/mol. The number of amides is 1. The largest absolute Gasteiger partial charge is 0.497 e. The smallest absolute Gasteiger partial charge is 0.220 e. The average Bonchev–Trinajstić information content (AvgIpc) is 2.62. The van der Waals surface area contributed by atoms with Crippen LogP contribution in [0.25, 0.3) is 0 Å². The van der Waals surface area contributed by atoms with E-state index in [2.05, 4.69) is 5.32 Å². The molecule has 1 aliphatic carbocycles. The van der Waals surface area contributed by atoms with Crippen molar-refractivity contribution < 1.29 is 14.6 Å². The van der Waals surface area contributed by atoms with E-state index in [4.69, 9.17) is 4.74 Å². The van der Waals surface area contributed by atoms with E-state index >= 15 is 0 Å². The Hall–Kier alpha value is -1.55. The van der Waals surface area contributed by atoms with Crippen LogP contribution in [-0.2, 0) is 11.2 Å². The number of piperidine rings is 1. The van der Waals surface area contributed by atoms with Gasteiger partial charge in [-0.25, -0.2) is 0 Å². The van der Waals surface area contributed by atoms with Crippen molar-refractivity contribution in [1.29, 1.82) is 0 Å². The number of nitrogens with one attached hydrogen (secondary N) is 1. The Kier molecular flexibility index (Phi) is 2.55. The summed E-state index contributed by atoms with van der Waals surface area (Å²) >= 11 is 0. The van der Waals surface area contributed by atoms with Crippen LogP contribution in [-0.4, -0.2) is 24.7 Å². The van der Waals surface area contributed by atoms with Crippen molar-refractivity contribution in [2.24, 2.45) is 5.41 Å². The van der Waals surface area contributed by atoms with Gasteiger partial charge in [-0.05, 0) is 36.1 Å². The molecule has 1 amide bonds. The first-order valence-electron chi connectivity index (χ1n) is 6.26. The number of hydrogen-bond donors (Lipinski definition) is 2. The van der Waals surface area contributed by atoms with Gasteiger partial charge in [0.1, 0.15) is 5.75 Å². The predicted octanol–water partition coefficient (Wildman–Crippen LogP) is 1.18. The van der Waals surface area contributed by atoms with E-state index < -0.39 is 6.10 Å². The fraction of sp³-hybridized carbons (Fsp3) is 0.500. The third-order valence-corrected chi connectivity index (χ3v) is 4.23. The van der Waals surface area contributed by atoms with Crippen molar-refractivity contribution in [3.05, 3.63) is 29.3 Å². The zero-order valence-corrected chi connectivity index (χ0v) is 10.4. The lowest BCUT2D eigenvalue weighted by atomic mass is 9.74. The zero-order chi connectivity index (χ0) is 12.8. The van der Waals surface area contributed by atoms with Crippen molar-refractivity contribution >= 4 is 5.91 Å². The third kappa shape index (κ3) is 1.60. The Bertz CT molecular complexity index is 500. The molecule has 4 nitrogen and oxygen atoms in total. The fourth-order valence-corrected chi connectivity index (χ4v) is 3.23. The number of fused-ring (bicyclic) bond motifs is 1. The van der Waals surface area contributed by atoms with Crippen molar-refractivity contribution in [3.8, 4) is 5.75 Å². The molecule has 0 saturated carbocycles. The highest BCUT2D eigenvalue weighted by Gasteiger charge is 2.48. The number of carbonyl (C=O) groups is 1. The summed E-state index contributed by atoms with van der Waals surface area (Å²) in [5, 5.41) is 13.4. The highest BCUT2D eigenvalue weighted by molar-refractivity contribution is 5.78. The normalized spacial score (nSPS) is 30.1. The summed E-state index contributed by atoms with van der Waals surface area (Å²) in [6, 6.07) is 5.80. The first-order valence-corrected chi connectivity index (χ1v) is 6.26. The number of hydrogen-bond acceptors (Lipinski definition) is 3. The van der Waals surface area contributed by atoms with Gasteiger partial charge in [-0.1, -0.05) is 6.07 Å². The van der Waals surface area contributed by atoms with Crippen LogP contribution in [0.1, 0.15) is 30.1 Å². The molecule has 18 heavy (non-hydrogen) atoms. The fourth-order valence-electron chi connectivity index (χ4n) is 3.23. The molecule has 1 unspecified atom stereocenters. The van der Waals surface area contributed by atoms with Crippen LogP contribution in [0, 0.1) is 5.41 Å². The SMILES string of the molecule is COc1ccc2c(c1)[C@H](O)C1(CCNC(=O)C1)C2. The second-order valence-corrected chi connectivity index (χ2v) is 5.28. The Labute approximate surface area is 106 Å². The van der Waals surface area contributed by atoms with Gasteiger partial charge in [-0.15, -0.1) is 0 Å². The molecule has 1 aromatic rings. The number of aliphatic hydroxyl groups excluding tert-OH is 1. The Morgan fingerprint density at radius 2 is 2.28 bits per heavy atom. The van der Waals surface area contributed by atoms with Crippen LogP contribution < -0.4 is 10.1 Å². The number of benzene rings is 1. The van der Waals surface area contributed by atoms with Crippen LogP contribution in [0.3, 0.4) is 0 Å². The monoisotopic (exact) mass is 247 g/mol. The number of methoxy groups -OCH3 is 1. The summed E-state index contributed by atoms with van der Waals surface area (Å²) in [4.78, 5) is 11.6. The lowest BCUT2D eigenvalue weighted by Gasteiger charge is -2.36. The van der Waals surface area contributed by atoms with Gasteiger partial charge in [0.25, 0.3) is 0 Å². The van der Waals surface area contributed by atoms with Gasteiger partial charge in [0, 0.05) is 18.4 Å². The third-order valence-electron chi connectivity index (χ3n) is 4.23. The maximum absolute atomic E-state index is 11.6. The molecule has 96 valence electrons. The van der Waals surface area contributed by atoms with E-state index in [9.17, 15) is 9.90 Å². The Morgan fingerprint density at radius 3 is 3.00 bits per heavy atom. The standard InChI is InChI=1S/C14H17NO3/c1-18-10-3-2-9-7-14(13(17)11(9)6-10)4-5-15-12(16)8-14/h2-3,6,13,17H,4-5,7-8H2,1H3,(H,15,16)/t13-,14?/m0/s1.